The van der Waals surface area contributed by atoms with Crippen LogP contribution in [0.15, 0.2) is 34.8 Å². The Morgan fingerprint density at radius 1 is 1.19 bits per heavy atom. The molecule has 1 aliphatic heterocycles. The minimum atomic E-state index is -4.27. The van der Waals surface area contributed by atoms with Crippen molar-refractivity contribution < 1.29 is 13.2 Å². The van der Waals surface area contributed by atoms with Crippen LogP contribution in [0.3, 0.4) is 0 Å². The first-order chi connectivity index (χ1) is 15.4. The van der Waals surface area contributed by atoms with Crippen LogP contribution in [0.5, 0.6) is 0 Å². The third kappa shape index (κ3) is 4.29. The second kappa shape index (κ2) is 8.42. The second-order valence-electron chi connectivity index (χ2n) is 8.62. The fourth-order valence-corrected chi connectivity index (χ4v) is 6.00. The molecule has 6 nitrogen and oxygen atoms in total. The van der Waals surface area contributed by atoms with Crippen LogP contribution >= 0.6 is 23.3 Å². The van der Waals surface area contributed by atoms with Gasteiger partial charge in [-0.05, 0) is 72.9 Å². The number of rotatable bonds is 7. The zero-order valence-electron chi connectivity index (χ0n) is 17.5. The minimum Gasteiger partial charge on any atom is -0.304 e. The number of alkyl halides is 3. The highest BCUT2D eigenvalue weighted by Gasteiger charge is 2.57. The van der Waals surface area contributed by atoms with Crippen molar-refractivity contribution in [1.29, 1.82) is 0 Å². The largest absolute Gasteiger partial charge is 0.416 e. The first-order valence-electron chi connectivity index (χ1n) is 10.5. The van der Waals surface area contributed by atoms with Crippen molar-refractivity contribution in [2.45, 2.75) is 36.5 Å². The van der Waals surface area contributed by atoms with E-state index in [4.69, 9.17) is 0 Å². The van der Waals surface area contributed by atoms with Gasteiger partial charge in [-0.15, -0.1) is 15.3 Å². The average molecular weight is 481 g/mol. The van der Waals surface area contributed by atoms with E-state index in [1.54, 1.807) is 23.9 Å². The smallest absolute Gasteiger partial charge is 0.304 e. The Morgan fingerprint density at radius 3 is 2.72 bits per heavy atom. The van der Waals surface area contributed by atoms with Gasteiger partial charge in [-0.3, -0.25) is 0 Å². The summed E-state index contributed by atoms with van der Waals surface area (Å²) >= 11 is 2.98. The van der Waals surface area contributed by atoms with Gasteiger partial charge in [0.15, 0.2) is 11.0 Å². The average Bonchev–Trinajstić information content (AvgIpc) is 3.16. The molecule has 1 unspecified atom stereocenters. The molecule has 0 amide bonds. The summed E-state index contributed by atoms with van der Waals surface area (Å²) in [6.45, 7) is 3.12. The molecule has 0 radical (unpaired) electrons. The molecule has 0 N–H and O–H groups in total. The lowest BCUT2D eigenvalue weighted by Crippen LogP contribution is -2.23. The zero-order valence-corrected chi connectivity index (χ0v) is 19.2. The van der Waals surface area contributed by atoms with Crippen molar-refractivity contribution in [3.63, 3.8) is 0 Å². The Balaban J connectivity index is 1.08. The van der Waals surface area contributed by atoms with Gasteiger partial charge in [0.2, 0.25) is 0 Å². The molecule has 2 atom stereocenters. The molecule has 1 aliphatic carbocycles. The molecule has 11 heteroatoms. The summed E-state index contributed by atoms with van der Waals surface area (Å²) in [5, 5.41) is 15.3. The number of aromatic nitrogens is 5. The lowest BCUT2D eigenvalue weighted by Gasteiger charge is -2.16. The summed E-state index contributed by atoms with van der Waals surface area (Å²) in [6.07, 6.45) is -1.02. The molecule has 2 aromatic heterocycles. The van der Waals surface area contributed by atoms with Crippen molar-refractivity contribution in [1.82, 2.24) is 29.3 Å². The Labute approximate surface area is 192 Å². The fraction of sp³-hybridized carbons (Fsp3) is 0.524. The maximum atomic E-state index is 12.8. The van der Waals surface area contributed by atoms with Crippen LogP contribution in [0.4, 0.5) is 13.2 Å². The van der Waals surface area contributed by atoms with E-state index < -0.39 is 11.7 Å². The SMILES string of the molecule is Cn1c(SCCCN2CCC3(C[C@H]3c3ccc(C(F)(F)F)cc3)C2)nnc1-c1csnn1. The van der Waals surface area contributed by atoms with E-state index >= 15 is 0 Å². The molecule has 1 aromatic carbocycles. The van der Waals surface area contributed by atoms with Crippen molar-refractivity contribution in [2.75, 3.05) is 25.4 Å². The number of halogens is 3. The molecule has 5 rings (SSSR count). The lowest BCUT2D eigenvalue weighted by atomic mass is 9.97. The van der Waals surface area contributed by atoms with Crippen molar-refractivity contribution in [2.24, 2.45) is 12.5 Å². The van der Waals surface area contributed by atoms with Crippen LogP contribution < -0.4 is 0 Å². The molecular formula is C21H23F3N6S2. The van der Waals surface area contributed by atoms with E-state index in [9.17, 15) is 13.2 Å². The molecule has 1 saturated carbocycles. The maximum absolute atomic E-state index is 12.8. The van der Waals surface area contributed by atoms with E-state index in [1.807, 2.05) is 17.0 Å². The van der Waals surface area contributed by atoms with Crippen molar-refractivity contribution >= 4 is 23.3 Å². The molecule has 170 valence electrons. The van der Waals surface area contributed by atoms with Crippen LogP contribution in [0, 0.1) is 5.41 Å². The van der Waals surface area contributed by atoms with E-state index in [0.717, 1.165) is 66.9 Å². The summed E-state index contributed by atoms with van der Waals surface area (Å²) in [4.78, 5) is 2.49. The highest BCUT2D eigenvalue weighted by molar-refractivity contribution is 7.99. The third-order valence-electron chi connectivity index (χ3n) is 6.57. The van der Waals surface area contributed by atoms with Gasteiger partial charge in [-0.2, -0.15) is 13.2 Å². The molecule has 2 aliphatic rings. The summed E-state index contributed by atoms with van der Waals surface area (Å²) in [7, 11) is 1.94. The van der Waals surface area contributed by atoms with Crippen LogP contribution in [-0.2, 0) is 13.2 Å². The fourth-order valence-electron chi connectivity index (χ4n) is 4.73. The molecule has 1 spiro atoms. The number of thioether (sulfide) groups is 1. The lowest BCUT2D eigenvalue weighted by molar-refractivity contribution is -0.137. The zero-order chi connectivity index (χ0) is 22.3. The monoisotopic (exact) mass is 480 g/mol. The first kappa shape index (κ1) is 21.8. The molecule has 2 fully saturated rings. The predicted octanol–water partition coefficient (Wildman–Crippen LogP) is 4.71. The van der Waals surface area contributed by atoms with Crippen LogP contribution in [-0.4, -0.2) is 54.6 Å². The summed E-state index contributed by atoms with van der Waals surface area (Å²) in [5.41, 5.74) is 1.47. The van der Waals surface area contributed by atoms with E-state index in [1.165, 1.54) is 23.7 Å². The number of benzene rings is 1. The summed E-state index contributed by atoms with van der Waals surface area (Å²) < 4.78 is 44.2. The number of hydrogen-bond donors (Lipinski definition) is 0. The Bertz CT molecular complexity index is 1070. The molecule has 32 heavy (non-hydrogen) atoms. The quantitative estimate of drug-likeness (QED) is 0.361. The first-order valence-corrected chi connectivity index (χ1v) is 12.4. The van der Waals surface area contributed by atoms with E-state index in [0.29, 0.717) is 5.92 Å². The van der Waals surface area contributed by atoms with Crippen molar-refractivity contribution in [3.05, 3.63) is 40.8 Å². The highest BCUT2D eigenvalue weighted by atomic mass is 32.2. The second-order valence-corrected chi connectivity index (χ2v) is 10.3. The standard InChI is InChI=1S/C21H23F3N6S2/c1-29-18(17-12-32-28-25-17)26-27-19(29)31-10-2-8-30-9-7-20(13-30)11-16(20)14-3-5-15(6-4-14)21(22,23)24/h3-6,12,16H,2,7-11,13H2,1H3/t16-,20?/m0/s1. The van der Waals surface area contributed by atoms with Gasteiger partial charge in [-0.1, -0.05) is 28.4 Å². The van der Waals surface area contributed by atoms with Crippen molar-refractivity contribution in [3.8, 4) is 11.5 Å². The van der Waals surface area contributed by atoms with Crippen LogP contribution in [0.1, 0.15) is 36.3 Å². The van der Waals surface area contributed by atoms with Gasteiger partial charge in [0.05, 0.1) is 5.56 Å². The molecule has 3 heterocycles. The van der Waals surface area contributed by atoms with E-state index in [-0.39, 0.29) is 5.41 Å². The van der Waals surface area contributed by atoms with E-state index in [2.05, 4.69) is 24.7 Å². The van der Waals surface area contributed by atoms with Gasteiger partial charge in [0.1, 0.15) is 5.69 Å². The Kier molecular flexibility index (Phi) is 5.75. The predicted molar refractivity (Wildman–Crippen MR) is 118 cm³/mol. The molecule has 3 aromatic rings. The number of likely N-dealkylation sites (tertiary alicyclic amines) is 1. The minimum absolute atomic E-state index is 0.257. The summed E-state index contributed by atoms with van der Waals surface area (Å²) in [5.74, 6) is 2.07. The molecule has 0 bridgehead atoms. The van der Waals surface area contributed by atoms with Gasteiger partial charge >= 0.3 is 6.18 Å². The molecule has 1 saturated heterocycles. The van der Waals surface area contributed by atoms with Gasteiger partial charge in [-0.25, -0.2) is 0 Å². The molecular weight excluding hydrogens is 457 g/mol. The van der Waals surface area contributed by atoms with Crippen LogP contribution in [0.2, 0.25) is 0 Å². The van der Waals surface area contributed by atoms with Gasteiger partial charge < -0.3 is 9.47 Å². The topological polar surface area (TPSA) is 59.7 Å². The maximum Gasteiger partial charge on any atom is 0.416 e. The summed E-state index contributed by atoms with van der Waals surface area (Å²) in [6, 6.07) is 5.76. The Morgan fingerprint density at radius 2 is 2.00 bits per heavy atom. The highest BCUT2D eigenvalue weighted by Crippen LogP contribution is 2.64. The normalized spacial score (nSPS) is 23.3. The van der Waals surface area contributed by atoms with Crippen LogP contribution in [0.25, 0.3) is 11.5 Å². The Hall–Kier alpha value is -1.98. The van der Waals surface area contributed by atoms with Gasteiger partial charge in [0.25, 0.3) is 0 Å². The van der Waals surface area contributed by atoms with Gasteiger partial charge in [0, 0.05) is 24.7 Å². The number of nitrogens with zero attached hydrogens (tertiary/aromatic N) is 6. The third-order valence-corrected chi connectivity index (χ3v) is 8.18. The number of hydrogen-bond acceptors (Lipinski definition) is 7.